The molecular weight excluding hydrogens is 216 g/mol. The molecule has 1 aliphatic heterocycles. The number of hydrogen-bond donors (Lipinski definition) is 1. The largest absolute Gasteiger partial charge is 0.340 e. The Morgan fingerprint density at radius 2 is 1.71 bits per heavy atom. The van der Waals surface area contributed by atoms with Crippen LogP contribution < -0.4 is 5.32 Å². The summed E-state index contributed by atoms with van der Waals surface area (Å²) in [7, 11) is 0. The summed E-state index contributed by atoms with van der Waals surface area (Å²) in [6.45, 7) is 9.92. The maximum absolute atomic E-state index is 12.3. The van der Waals surface area contributed by atoms with Crippen molar-refractivity contribution < 1.29 is 9.59 Å². The van der Waals surface area contributed by atoms with Gasteiger partial charge in [-0.2, -0.15) is 0 Å². The van der Waals surface area contributed by atoms with E-state index in [4.69, 9.17) is 0 Å². The Morgan fingerprint density at radius 3 is 2.24 bits per heavy atom. The van der Waals surface area contributed by atoms with Gasteiger partial charge in [0.15, 0.2) is 0 Å². The van der Waals surface area contributed by atoms with E-state index < -0.39 is 11.1 Å². The summed E-state index contributed by atoms with van der Waals surface area (Å²) in [5.41, 5.74) is -1.51. The second kappa shape index (κ2) is 4.67. The molecule has 0 radical (unpaired) electrons. The quantitative estimate of drug-likeness (QED) is 0.760. The molecule has 0 aromatic carbocycles. The summed E-state index contributed by atoms with van der Waals surface area (Å²) in [6.07, 6.45) is 3.15. The van der Waals surface area contributed by atoms with Gasteiger partial charge in [-0.3, -0.25) is 9.59 Å². The van der Waals surface area contributed by atoms with Crippen molar-refractivity contribution in [2.24, 2.45) is 0 Å². The molecule has 1 rings (SSSR count). The van der Waals surface area contributed by atoms with Crippen LogP contribution in [0.4, 0.5) is 0 Å². The van der Waals surface area contributed by atoms with Crippen LogP contribution in [0.25, 0.3) is 0 Å². The lowest BCUT2D eigenvalue weighted by Crippen LogP contribution is -2.72. The van der Waals surface area contributed by atoms with Crippen LogP contribution >= 0.6 is 0 Å². The first-order chi connectivity index (χ1) is 7.73. The maximum atomic E-state index is 12.3. The number of unbranched alkanes of at least 4 members (excludes halogenated alkanes) is 2. The monoisotopic (exact) mass is 240 g/mol. The van der Waals surface area contributed by atoms with Gasteiger partial charge < -0.3 is 10.2 Å². The molecule has 1 N–H and O–H groups in total. The molecule has 98 valence electrons. The van der Waals surface area contributed by atoms with Gasteiger partial charge in [0, 0.05) is 6.54 Å². The molecule has 0 saturated carbocycles. The average Bonchev–Trinajstić information content (AvgIpc) is 2.21. The van der Waals surface area contributed by atoms with E-state index in [1.54, 1.807) is 32.6 Å². The predicted molar refractivity (Wildman–Crippen MR) is 67.5 cm³/mol. The average molecular weight is 240 g/mol. The van der Waals surface area contributed by atoms with Crippen molar-refractivity contribution in [3.8, 4) is 0 Å². The SMILES string of the molecule is CCCCCN1C(=O)C(C)(C)NC(=O)C1(C)C. The highest BCUT2D eigenvalue weighted by atomic mass is 16.2. The minimum absolute atomic E-state index is 0.0122. The number of amides is 2. The Labute approximate surface area is 104 Å². The van der Waals surface area contributed by atoms with E-state index in [-0.39, 0.29) is 11.8 Å². The Morgan fingerprint density at radius 1 is 1.12 bits per heavy atom. The second-order valence-corrected chi connectivity index (χ2v) is 5.80. The molecule has 1 saturated heterocycles. The van der Waals surface area contributed by atoms with Gasteiger partial charge in [0.25, 0.3) is 0 Å². The van der Waals surface area contributed by atoms with Crippen LogP contribution in [-0.4, -0.2) is 34.3 Å². The summed E-state index contributed by atoms with van der Waals surface area (Å²) in [5, 5.41) is 2.79. The van der Waals surface area contributed by atoms with Crippen LogP contribution in [-0.2, 0) is 9.59 Å². The fourth-order valence-corrected chi connectivity index (χ4v) is 2.11. The summed E-state index contributed by atoms with van der Waals surface area (Å²) in [6, 6.07) is 0. The van der Waals surface area contributed by atoms with Crippen molar-refractivity contribution in [1.82, 2.24) is 10.2 Å². The predicted octanol–water partition coefficient (Wildman–Crippen LogP) is 1.69. The van der Waals surface area contributed by atoms with E-state index in [1.165, 1.54) is 0 Å². The van der Waals surface area contributed by atoms with E-state index in [0.717, 1.165) is 19.3 Å². The second-order valence-electron chi connectivity index (χ2n) is 5.80. The minimum atomic E-state index is -0.779. The molecule has 0 spiro atoms. The summed E-state index contributed by atoms with van der Waals surface area (Å²) >= 11 is 0. The highest BCUT2D eigenvalue weighted by Gasteiger charge is 2.49. The first-order valence-electron chi connectivity index (χ1n) is 6.38. The van der Waals surface area contributed by atoms with Crippen LogP contribution in [0.3, 0.4) is 0 Å². The van der Waals surface area contributed by atoms with Crippen LogP contribution in [0, 0.1) is 0 Å². The van der Waals surface area contributed by atoms with Crippen molar-refractivity contribution in [3.63, 3.8) is 0 Å². The van der Waals surface area contributed by atoms with Gasteiger partial charge in [0.2, 0.25) is 11.8 Å². The van der Waals surface area contributed by atoms with Crippen molar-refractivity contribution in [2.45, 2.75) is 65.0 Å². The van der Waals surface area contributed by atoms with Gasteiger partial charge in [-0.25, -0.2) is 0 Å². The normalized spacial score (nSPS) is 22.5. The van der Waals surface area contributed by atoms with Gasteiger partial charge in [-0.1, -0.05) is 19.8 Å². The van der Waals surface area contributed by atoms with Gasteiger partial charge in [0.05, 0.1) is 0 Å². The lowest BCUT2D eigenvalue weighted by Gasteiger charge is -2.47. The van der Waals surface area contributed by atoms with E-state index >= 15 is 0 Å². The number of carbonyl (C=O) groups excluding carboxylic acids is 2. The zero-order valence-corrected chi connectivity index (χ0v) is 11.6. The van der Waals surface area contributed by atoms with E-state index in [0.29, 0.717) is 6.54 Å². The third kappa shape index (κ3) is 2.61. The third-order valence-electron chi connectivity index (χ3n) is 3.42. The van der Waals surface area contributed by atoms with Crippen LogP contribution in [0.2, 0.25) is 0 Å². The zero-order valence-electron chi connectivity index (χ0n) is 11.6. The highest BCUT2D eigenvalue weighted by Crippen LogP contribution is 2.26. The fraction of sp³-hybridized carbons (Fsp3) is 0.846. The molecule has 4 heteroatoms. The van der Waals surface area contributed by atoms with Crippen LogP contribution in [0.15, 0.2) is 0 Å². The van der Waals surface area contributed by atoms with E-state index in [1.807, 2.05) is 0 Å². The Bertz CT molecular complexity index is 321. The molecule has 0 aromatic heterocycles. The molecule has 1 fully saturated rings. The molecule has 0 bridgehead atoms. The van der Waals surface area contributed by atoms with Gasteiger partial charge in [0.1, 0.15) is 11.1 Å². The first kappa shape index (κ1) is 14.0. The lowest BCUT2D eigenvalue weighted by molar-refractivity contribution is -0.159. The van der Waals surface area contributed by atoms with Gasteiger partial charge >= 0.3 is 0 Å². The number of piperazine rings is 1. The number of nitrogens with one attached hydrogen (secondary N) is 1. The molecule has 4 nitrogen and oxygen atoms in total. The van der Waals surface area contributed by atoms with Crippen molar-refractivity contribution >= 4 is 11.8 Å². The minimum Gasteiger partial charge on any atom is -0.340 e. The van der Waals surface area contributed by atoms with E-state index in [9.17, 15) is 9.59 Å². The molecule has 0 unspecified atom stereocenters. The number of carbonyl (C=O) groups is 2. The number of nitrogens with zero attached hydrogens (tertiary/aromatic N) is 1. The summed E-state index contributed by atoms with van der Waals surface area (Å²) in [4.78, 5) is 26.1. The number of rotatable bonds is 4. The summed E-state index contributed by atoms with van der Waals surface area (Å²) < 4.78 is 0. The molecular formula is C13H24N2O2. The molecule has 0 aromatic rings. The fourth-order valence-electron chi connectivity index (χ4n) is 2.11. The molecule has 1 aliphatic rings. The standard InChI is InChI=1S/C13H24N2O2/c1-6-7-8-9-15-11(17)12(2,3)14-10(16)13(15,4)5/h6-9H2,1-5H3,(H,14,16). The molecule has 1 heterocycles. The van der Waals surface area contributed by atoms with Crippen LogP contribution in [0.5, 0.6) is 0 Å². The zero-order chi connectivity index (χ0) is 13.3. The van der Waals surface area contributed by atoms with E-state index in [2.05, 4.69) is 12.2 Å². The van der Waals surface area contributed by atoms with Crippen molar-refractivity contribution in [2.75, 3.05) is 6.54 Å². The van der Waals surface area contributed by atoms with Crippen LogP contribution in [0.1, 0.15) is 53.9 Å². The molecule has 0 atom stereocenters. The highest BCUT2D eigenvalue weighted by molar-refractivity contribution is 6.01. The smallest absolute Gasteiger partial charge is 0.248 e. The third-order valence-corrected chi connectivity index (χ3v) is 3.42. The molecule has 17 heavy (non-hydrogen) atoms. The Kier molecular flexibility index (Phi) is 3.84. The van der Waals surface area contributed by atoms with Crippen molar-refractivity contribution in [3.05, 3.63) is 0 Å². The van der Waals surface area contributed by atoms with Crippen molar-refractivity contribution in [1.29, 1.82) is 0 Å². The first-order valence-corrected chi connectivity index (χ1v) is 6.38. The maximum Gasteiger partial charge on any atom is 0.248 e. The lowest BCUT2D eigenvalue weighted by atomic mass is 9.89. The molecule has 2 amide bonds. The van der Waals surface area contributed by atoms with Gasteiger partial charge in [-0.15, -0.1) is 0 Å². The number of hydrogen-bond acceptors (Lipinski definition) is 2. The Hall–Kier alpha value is -1.06. The van der Waals surface area contributed by atoms with Gasteiger partial charge in [-0.05, 0) is 34.1 Å². The Balaban J connectivity index is 2.87. The molecule has 0 aliphatic carbocycles. The summed E-state index contributed by atoms with van der Waals surface area (Å²) in [5.74, 6) is -0.0585. The topological polar surface area (TPSA) is 49.4 Å².